The Balaban J connectivity index is 1.62. The highest BCUT2D eigenvalue weighted by molar-refractivity contribution is 6.30. The molecule has 0 aliphatic rings. The summed E-state index contributed by atoms with van der Waals surface area (Å²) >= 11 is 6.10. The van der Waals surface area contributed by atoms with Crippen molar-refractivity contribution in [1.82, 2.24) is 14.6 Å². The second kappa shape index (κ2) is 8.34. The molecule has 0 radical (unpaired) electrons. The summed E-state index contributed by atoms with van der Waals surface area (Å²) in [5, 5.41) is 7.65. The smallest absolute Gasteiger partial charge is 0.338 e. The number of rotatable bonds is 5. The van der Waals surface area contributed by atoms with Gasteiger partial charge >= 0.3 is 5.97 Å². The van der Waals surface area contributed by atoms with Crippen molar-refractivity contribution in [3.63, 3.8) is 0 Å². The number of anilines is 1. The minimum Gasteiger partial charge on any atom is -0.462 e. The van der Waals surface area contributed by atoms with Crippen molar-refractivity contribution in [2.45, 2.75) is 6.92 Å². The summed E-state index contributed by atoms with van der Waals surface area (Å²) in [5.41, 5.74) is 3.19. The minimum absolute atomic E-state index is 0.216. The van der Waals surface area contributed by atoms with E-state index in [-0.39, 0.29) is 12.3 Å². The summed E-state index contributed by atoms with van der Waals surface area (Å²) in [6, 6.07) is 15.5. The van der Waals surface area contributed by atoms with Crippen LogP contribution in [-0.2, 0) is 4.74 Å². The lowest BCUT2D eigenvalue weighted by atomic mass is 10.1. The summed E-state index contributed by atoms with van der Waals surface area (Å²) < 4.78 is 6.58. The van der Waals surface area contributed by atoms with Crippen LogP contribution in [-0.4, -0.2) is 33.1 Å². The molecule has 1 amide bonds. The van der Waals surface area contributed by atoms with Crippen molar-refractivity contribution in [3.05, 3.63) is 83.3 Å². The molecule has 2 heterocycles. The van der Waals surface area contributed by atoms with Gasteiger partial charge in [-0.2, -0.15) is 5.10 Å². The maximum absolute atomic E-state index is 12.7. The van der Waals surface area contributed by atoms with E-state index in [9.17, 15) is 9.59 Å². The van der Waals surface area contributed by atoms with Crippen LogP contribution >= 0.6 is 11.6 Å². The van der Waals surface area contributed by atoms with Gasteiger partial charge in [0.15, 0.2) is 5.65 Å². The summed E-state index contributed by atoms with van der Waals surface area (Å²) in [6.45, 7) is 2.01. The number of carbonyl (C=O) groups excluding carboxylic acids is 2. The van der Waals surface area contributed by atoms with Crippen molar-refractivity contribution < 1.29 is 14.3 Å². The molecule has 8 heteroatoms. The van der Waals surface area contributed by atoms with Crippen LogP contribution in [0.3, 0.4) is 0 Å². The molecular weight excluding hydrogens is 404 g/mol. The Labute approximate surface area is 177 Å². The van der Waals surface area contributed by atoms with Gasteiger partial charge in [-0.3, -0.25) is 4.79 Å². The second-order valence-corrected chi connectivity index (χ2v) is 6.84. The predicted molar refractivity (Wildman–Crippen MR) is 114 cm³/mol. The standard InChI is InChI=1S/C22H17ClN4O3/c1-2-30-22(29)15-6-4-8-17(12-15)25-21(28)19-9-10-27-20(26-19)18(13-24-27)14-5-3-7-16(23)11-14/h3-13H,2H2,1H3,(H,25,28). The molecule has 0 unspecified atom stereocenters. The molecule has 0 aliphatic heterocycles. The number of hydrogen-bond donors (Lipinski definition) is 1. The van der Waals surface area contributed by atoms with Gasteiger partial charge < -0.3 is 10.1 Å². The van der Waals surface area contributed by atoms with E-state index in [2.05, 4.69) is 15.4 Å². The lowest BCUT2D eigenvalue weighted by Gasteiger charge is -2.07. The third-order valence-corrected chi connectivity index (χ3v) is 4.60. The van der Waals surface area contributed by atoms with E-state index >= 15 is 0 Å². The molecule has 4 rings (SSSR count). The number of fused-ring (bicyclic) bond motifs is 1. The van der Waals surface area contributed by atoms with Crippen LogP contribution in [0.25, 0.3) is 16.8 Å². The fourth-order valence-electron chi connectivity index (χ4n) is 2.99. The molecule has 7 nitrogen and oxygen atoms in total. The van der Waals surface area contributed by atoms with E-state index in [0.717, 1.165) is 11.1 Å². The van der Waals surface area contributed by atoms with Crippen LogP contribution in [0.15, 0.2) is 67.0 Å². The number of esters is 1. The average molecular weight is 421 g/mol. The molecule has 4 aromatic rings. The number of benzene rings is 2. The highest BCUT2D eigenvalue weighted by Crippen LogP contribution is 2.26. The molecular formula is C22H17ClN4O3. The molecule has 30 heavy (non-hydrogen) atoms. The number of amides is 1. The Bertz CT molecular complexity index is 1250. The summed E-state index contributed by atoms with van der Waals surface area (Å²) in [5.74, 6) is -0.852. The molecule has 150 valence electrons. The number of halogens is 1. The quantitative estimate of drug-likeness (QED) is 0.481. The molecule has 0 atom stereocenters. The first-order chi connectivity index (χ1) is 14.5. The third-order valence-electron chi connectivity index (χ3n) is 4.37. The van der Waals surface area contributed by atoms with Gasteiger partial charge in [0.25, 0.3) is 5.91 Å². The number of aromatic nitrogens is 3. The van der Waals surface area contributed by atoms with Gasteiger partial charge in [0.1, 0.15) is 5.69 Å². The largest absolute Gasteiger partial charge is 0.462 e. The van der Waals surface area contributed by atoms with Crippen molar-refractivity contribution in [2.24, 2.45) is 0 Å². The Morgan fingerprint density at radius 3 is 2.77 bits per heavy atom. The van der Waals surface area contributed by atoms with Crippen LogP contribution in [0.4, 0.5) is 5.69 Å². The van der Waals surface area contributed by atoms with Gasteiger partial charge in [-0.25, -0.2) is 14.3 Å². The molecule has 0 spiro atoms. The SMILES string of the molecule is CCOC(=O)c1cccc(NC(=O)c2ccn3ncc(-c4cccc(Cl)c4)c3n2)c1. The topological polar surface area (TPSA) is 85.6 Å². The van der Waals surface area contributed by atoms with Gasteiger partial charge in [0.2, 0.25) is 0 Å². The second-order valence-electron chi connectivity index (χ2n) is 6.40. The zero-order valence-corrected chi connectivity index (χ0v) is 16.8. The summed E-state index contributed by atoms with van der Waals surface area (Å²) in [4.78, 5) is 29.1. The molecule has 2 aromatic carbocycles. The minimum atomic E-state index is -0.446. The first-order valence-electron chi connectivity index (χ1n) is 9.24. The van der Waals surface area contributed by atoms with Crippen LogP contribution in [0.1, 0.15) is 27.8 Å². The molecule has 2 aromatic heterocycles. The first-order valence-corrected chi connectivity index (χ1v) is 9.62. The highest BCUT2D eigenvalue weighted by atomic mass is 35.5. The fraction of sp³-hybridized carbons (Fsp3) is 0.0909. The zero-order chi connectivity index (χ0) is 21.1. The van der Waals surface area contributed by atoms with Crippen LogP contribution in [0.5, 0.6) is 0 Å². The van der Waals surface area contributed by atoms with E-state index in [4.69, 9.17) is 16.3 Å². The summed E-state index contributed by atoms with van der Waals surface area (Å²) in [7, 11) is 0. The van der Waals surface area contributed by atoms with Gasteiger partial charge in [0.05, 0.1) is 18.4 Å². The Morgan fingerprint density at radius 1 is 1.13 bits per heavy atom. The van der Waals surface area contributed by atoms with E-state index in [1.807, 2.05) is 18.2 Å². The van der Waals surface area contributed by atoms with Crippen molar-refractivity contribution in [1.29, 1.82) is 0 Å². The highest BCUT2D eigenvalue weighted by Gasteiger charge is 2.14. The average Bonchev–Trinajstić information content (AvgIpc) is 3.17. The van der Waals surface area contributed by atoms with Crippen molar-refractivity contribution in [3.8, 4) is 11.1 Å². The molecule has 0 fully saturated rings. The third kappa shape index (κ3) is 4.01. The van der Waals surface area contributed by atoms with E-state index in [1.54, 1.807) is 60.2 Å². The maximum Gasteiger partial charge on any atom is 0.338 e. The molecule has 0 aliphatic carbocycles. The van der Waals surface area contributed by atoms with Gasteiger partial charge in [-0.1, -0.05) is 29.8 Å². The van der Waals surface area contributed by atoms with Gasteiger partial charge in [-0.15, -0.1) is 0 Å². The normalized spacial score (nSPS) is 10.7. The maximum atomic E-state index is 12.7. The first kappa shape index (κ1) is 19.6. The number of nitrogens with zero attached hydrogens (tertiary/aromatic N) is 3. The molecule has 0 saturated heterocycles. The number of nitrogens with one attached hydrogen (secondary N) is 1. The number of ether oxygens (including phenoxy) is 1. The lowest BCUT2D eigenvalue weighted by Crippen LogP contribution is -2.15. The van der Waals surface area contributed by atoms with Crippen LogP contribution in [0.2, 0.25) is 5.02 Å². The van der Waals surface area contributed by atoms with E-state index in [1.165, 1.54) is 0 Å². The van der Waals surface area contributed by atoms with E-state index in [0.29, 0.717) is 21.9 Å². The fourth-order valence-corrected chi connectivity index (χ4v) is 3.18. The lowest BCUT2D eigenvalue weighted by molar-refractivity contribution is 0.0526. The predicted octanol–water partition coefficient (Wildman–Crippen LogP) is 4.48. The van der Waals surface area contributed by atoms with Gasteiger partial charge in [-0.05, 0) is 48.9 Å². The number of hydrogen-bond acceptors (Lipinski definition) is 5. The number of carbonyl (C=O) groups is 2. The molecule has 1 N–H and O–H groups in total. The van der Waals surface area contributed by atoms with Crippen molar-refractivity contribution in [2.75, 3.05) is 11.9 Å². The van der Waals surface area contributed by atoms with Gasteiger partial charge in [0, 0.05) is 22.5 Å². The zero-order valence-electron chi connectivity index (χ0n) is 16.0. The van der Waals surface area contributed by atoms with Crippen LogP contribution < -0.4 is 5.32 Å². The molecule has 0 saturated carbocycles. The monoisotopic (exact) mass is 420 g/mol. The Hall–Kier alpha value is -3.71. The van der Waals surface area contributed by atoms with Crippen LogP contribution in [0, 0.1) is 0 Å². The summed E-state index contributed by atoms with van der Waals surface area (Å²) in [6.07, 6.45) is 3.35. The van der Waals surface area contributed by atoms with Crippen molar-refractivity contribution >= 4 is 34.8 Å². The van der Waals surface area contributed by atoms with E-state index < -0.39 is 11.9 Å². The molecule has 0 bridgehead atoms. The Morgan fingerprint density at radius 2 is 1.97 bits per heavy atom. The Kier molecular flexibility index (Phi) is 5.45.